The predicted octanol–water partition coefficient (Wildman–Crippen LogP) is 3.70. The van der Waals surface area contributed by atoms with Gasteiger partial charge in [0.2, 0.25) is 0 Å². The molecule has 3 heteroatoms. The molecule has 0 bridgehead atoms. The first-order chi connectivity index (χ1) is 8.69. The highest BCUT2D eigenvalue weighted by molar-refractivity contribution is 6.30. The highest BCUT2D eigenvalue weighted by atomic mass is 35.5. The standard InChI is InChI=1S/C15H20ClNO/c1-11-14(12-5-4-6-13(16)9-12)18-15(10-17-11)7-2-3-8-15/h4-6,9,11,14,17H,2-3,7-8,10H2,1H3. The Kier molecular flexibility index (Phi) is 3.35. The second-order valence-electron chi connectivity index (χ2n) is 5.65. The summed E-state index contributed by atoms with van der Waals surface area (Å²) in [5, 5.41) is 4.40. The minimum atomic E-state index is 0.0689. The van der Waals surface area contributed by atoms with Crippen molar-refractivity contribution in [1.82, 2.24) is 5.32 Å². The maximum atomic E-state index is 6.47. The Bertz CT molecular complexity index is 428. The molecule has 2 atom stereocenters. The normalized spacial score (nSPS) is 30.8. The average Bonchev–Trinajstić information content (AvgIpc) is 2.81. The van der Waals surface area contributed by atoms with Gasteiger partial charge in [-0.3, -0.25) is 0 Å². The van der Waals surface area contributed by atoms with Gasteiger partial charge in [-0.25, -0.2) is 0 Å². The highest BCUT2D eigenvalue weighted by Crippen LogP contribution is 2.41. The fourth-order valence-electron chi connectivity index (χ4n) is 3.22. The van der Waals surface area contributed by atoms with Gasteiger partial charge in [-0.05, 0) is 37.5 Å². The van der Waals surface area contributed by atoms with Crippen LogP contribution in [0.5, 0.6) is 0 Å². The molecule has 0 aromatic heterocycles. The molecule has 1 saturated carbocycles. The van der Waals surface area contributed by atoms with E-state index in [-0.39, 0.29) is 11.7 Å². The lowest BCUT2D eigenvalue weighted by Gasteiger charge is -2.43. The van der Waals surface area contributed by atoms with E-state index in [1.54, 1.807) is 0 Å². The van der Waals surface area contributed by atoms with Crippen LogP contribution in [-0.2, 0) is 4.74 Å². The summed E-state index contributed by atoms with van der Waals surface area (Å²) in [6.45, 7) is 3.18. The summed E-state index contributed by atoms with van der Waals surface area (Å²) in [4.78, 5) is 0. The van der Waals surface area contributed by atoms with Crippen molar-refractivity contribution in [3.05, 3.63) is 34.9 Å². The first kappa shape index (κ1) is 12.5. The molecule has 1 spiro atoms. The van der Waals surface area contributed by atoms with Crippen molar-refractivity contribution >= 4 is 11.6 Å². The van der Waals surface area contributed by atoms with Crippen molar-refractivity contribution in [3.63, 3.8) is 0 Å². The Morgan fingerprint density at radius 2 is 2.11 bits per heavy atom. The third kappa shape index (κ3) is 2.29. The Labute approximate surface area is 114 Å². The van der Waals surface area contributed by atoms with Gasteiger partial charge in [-0.15, -0.1) is 0 Å². The smallest absolute Gasteiger partial charge is 0.0983 e. The SMILES string of the molecule is CC1NCC2(CCCC2)OC1c1cccc(Cl)c1. The molecule has 2 nitrogen and oxygen atoms in total. The van der Waals surface area contributed by atoms with E-state index in [0.29, 0.717) is 6.04 Å². The van der Waals surface area contributed by atoms with Crippen molar-refractivity contribution in [2.75, 3.05) is 6.54 Å². The number of hydrogen-bond donors (Lipinski definition) is 1. The van der Waals surface area contributed by atoms with Crippen LogP contribution >= 0.6 is 11.6 Å². The van der Waals surface area contributed by atoms with E-state index >= 15 is 0 Å². The maximum absolute atomic E-state index is 6.47. The molecule has 1 aliphatic heterocycles. The third-order valence-corrected chi connectivity index (χ3v) is 4.50. The molecule has 3 rings (SSSR count). The molecule has 0 amide bonds. The monoisotopic (exact) mass is 265 g/mol. The van der Waals surface area contributed by atoms with Crippen LogP contribution in [0.3, 0.4) is 0 Å². The van der Waals surface area contributed by atoms with Gasteiger partial charge in [0.25, 0.3) is 0 Å². The summed E-state index contributed by atoms with van der Waals surface area (Å²) >= 11 is 6.09. The van der Waals surface area contributed by atoms with Crippen LogP contribution in [0.4, 0.5) is 0 Å². The number of ether oxygens (including phenoxy) is 1. The summed E-state index contributed by atoms with van der Waals surface area (Å²) in [5.41, 5.74) is 1.26. The van der Waals surface area contributed by atoms with Gasteiger partial charge in [-0.1, -0.05) is 36.6 Å². The van der Waals surface area contributed by atoms with E-state index in [9.17, 15) is 0 Å². The Hall–Kier alpha value is -0.570. The molecule has 18 heavy (non-hydrogen) atoms. The molecule has 2 unspecified atom stereocenters. The molecule has 1 heterocycles. The fraction of sp³-hybridized carbons (Fsp3) is 0.600. The van der Waals surface area contributed by atoms with Crippen molar-refractivity contribution < 1.29 is 4.74 Å². The zero-order valence-electron chi connectivity index (χ0n) is 10.8. The van der Waals surface area contributed by atoms with Crippen LogP contribution in [0.15, 0.2) is 24.3 Å². The topological polar surface area (TPSA) is 21.3 Å². The molecule has 1 aromatic rings. The summed E-state index contributed by atoms with van der Waals surface area (Å²) in [7, 11) is 0. The summed E-state index contributed by atoms with van der Waals surface area (Å²) in [6, 6.07) is 8.40. The predicted molar refractivity (Wildman–Crippen MR) is 73.9 cm³/mol. The van der Waals surface area contributed by atoms with E-state index in [1.165, 1.54) is 31.2 Å². The summed E-state index contributed by atoms with van der Waals surface area (Å²) in [5.74, 6) is 0. The summed E-state index contributed by atoms with van der Waals surface area (Å²) < 4.78 is 6.47. The van der Waals surface area contributed by atoms with Crippen molar-refractivity contribution in [2.45, 2.75) is 50.4 Å². The second-order valence-corrected chi connectivity index (χ2v) is 6.09. The van der Waals surface area contributed by atoms with Gasteiger partial charge in [0, 0.05) is 17.6 Å². The molecule has 0 radical (unpaired) electrons. The van der Waals surface area contributed by atoms with Crippen molar-refractivity contribution in [1.29, 1.82) is 0 Å². The largest absolute Gasteiger partial charge is 0.364 e. The molecule has 98 valence electrons. The van der Waals surface area contributed by atoms with Crippen LogP contribution in [0, 0.1) is 0 Å². The Morgan fingerprint density at radius 1 is 1.33 bits per heavy atom. The molecule has 2 aliphatic rings. The zero-order chi connectivity index (χ0) is 12.6. The van der Waals surface area contributed by atoms with Crippen LogP contribution in [-0.4, -0.2) is 18.2 Å². The molecular weight excluding hydrogens is 246 g/mol. The van der Waals surface area contributed by atoms with Gasteiger partial charge in [0.1, 0.15) is 0 Å². The number of rotatable bonds is 1. The van der Waals surface area contributed by atoms with Crippen LogP contribution in [0.1, 0.15) is 44.3 Å². The van der Waals surface area contributed by atoms with E-state index in [0.717, 1.165) is 11.6 Å². The Morgan fingerprint density at radius 3 is 2.83 bits per heavy atom. The molecule has 1 aliphatic carbocycles. The molecular formula is C15H20ClNO. The van der Waals surface area contributed by atoms with E-state index < -0.39 is 0 Å². The summed E-state index contributed by atoms with van der Waals surface area (Å²) in [6.07, 6.45) is 5.07. The van der Waals surface area contributed by atoms with Crippen molar-refractivity contribution in [3.8, 4) is 0 Å². The lowest BCUT2D eigenvalue weighted by atomic mass is 9.94. The Balaban J connectivity index is 1.85. The molecule has 1 aromatic carbocycles. The van der Waals surface area contributed by atoms with E-state index in [4.69, 9.17) is 16.3 Å². The molecule has 2 fully saturated rings. The minimum Gasteiger partial charge on any atom is -0.364 e. The number of halogens is 1. The van der Waals surface area contributed by atoms with Crippen LogP contribution in [0.25, 0.3) is 0 Å². The number of benzene rings is 1. The zero-order valence-corrected chi connectivity index (χ0v) is 11.5. The van der Waals surface area contributed by atoms with Gasteiger partial charge in [0.05, 0.1) is 11.7 Å². The average molecular weight is 266 g/mol. The van der Waals surface area contributed by atoms with Gasteiger partial charge < -0.3 is 10.1 Å². The number of nitrogens with one attached hydrogen (secondary N) is 1. The minimum absolute atomic E-state index is 0.0689. The molecule has 1 N–H and O–H groups in total. The van der Waals surface area contributed by atoms with Gasteiger partial charge >= 0.3 is 0 Å². The van der Waals surface area contributed by atoms with Crippen molar-refractivity contribution in [2.24, 2.45) is 0 Å². The first-order valence-electron chi connectivity index (χ1n) is 6.85. The lowest BCUT2D eigenvalue weighted by molar-refractivity contribution is -0.131. The quantitative estimate of drug-likeness (QED) is 0.836. The highest BCUT2D eigenvalue weighted by Gasteiger charge is 2.42. The fourth-order valence-corrected chi connectivity index (χ4v) is 3.42. The van der Waals surface area contributed by atoms with Gasteiger partial charge in [0.15, 0.2) is 0 Å². The third-order valence-electron chi connectivity index (χ3n) is 4.27. The van der Waals surface area contributed by atoms with Crippen LogP contribution in [0.2, 0.25) is 5.02 Å². The van der Waals surface area contributed by atoms with E-state index in [2.05, 4.69) is 18.3 Å². The maximum Gasteiger partial charge on any atom is 0.0983 e. The second kappa shape index (κ2) is 4.84. The van der Waals surface area contributed by atoms with Crippen LogP contribution < -0.4 is 5.32 Å². The van der Waals surface area contributed by atoms with Gasteiger partial charge in [-0.2, -0.15) is 0 Å². The van der Waals surface area contributed by atoms with E-state index in [1.807, 2.05) is 18.2 Å². The number of morpholine rings is 1. The first-order valence-corrected chi connectivity index (χ1v) is 7.23. The number of hydrogen-bond acceptors (Lipinski definition) is 2. The lowest BCUT2D eigenvalue weighted by Crippen LogP contribution is -2.53. The molecule has 1 saturated heterocycles.